The first-order chi connectivity index (χ1) is 10.5. The van der Waals surface area contributed by atoms with E-state index in [0.717, 1.165) is 31.8 Å². The predicted octanol–water partition coefficient (Wildman–Crippen LogP) is 0.861. The maximum Gasteiger partial charge on any atom is 0.226 e. The highest BCUT2D eigenvalue weighted by molar-refractivity contribution is 5.79. The molecule has 6 nitrogen and oxygen atoms in total. The molecule has 1 fully saturated rings. The van der Waals surface area contributed by atoms with E-state index in [4.69, 9.17) is 0 Å². The number of aromatic nitrogens is 2. The molecule has 0 bridgehead atoms. The number of rotatable bonds is 6. The second kappa shape index (κ2) is 7.74. The Kier molecular flexibility index (Phi) is 5.97. The molecule has 6 heteroatoms. The third-order valence-corrected chi connectivity index (χ3v) is 4.54. The molecule has 1 aromatic rings. The van der Waals surface area contributed by atoms with Crippen molar-refractivity contribution < 1.29 is 9.90 Å². The van der Waals surface area contributed by atoms with Crippen molar-refractivity contribution in [3.8, 4) is 0 Å². The first-order valence-electron chi connectivity index (χ1n) is 8.12. The van der Waals surface area contributed by atoms with Gasteiger partial charge >= 0.3 is 0 Å². The van der Waals surface area contributed by atoms with Crippen LogP contribution in [0.4, 0.5) is 0 Å². The second-order valence-electron chi connectivity index (χ2n) is 6.34. The largest absolute Gasteiger partial charge is 0.395 e. The molecule has 1 saturated heterocycles. The van der Waals surface area contributed by atoms with E-state index in [1.165, 1.54) is 0 Å². The van der Waals surface area contributed by atoms with Crippen LogP contribution in [0.2, 0.25) is 0 Å². The van der Waals surface area contributed by atoms with Gasteiger partial charge in [0.25, 0.3) is 0 Å². The van der Waals surface area contributed by atoms with Gasteiger partial charge in [0.1, 0.15) is 5.82 Å². The molecule has 0 unspecified atom stereocenters. The average Bonchev–Trinajstić information content (AvgIpc) is 2.91. The van der Waals surface area contributed by atoms with E-state index < -0.39 is 0 Å². The zero-order chi connectivity index (χ0) is 16.1. The molecule has 0 radical (unpaired) electrons. The third kappa shape index (κ3) is 4.08. The lowest BCUT2D eigenvalue weighted by atomic mass is 9.94. The lowest BCUT2D eigenvalue weighted by molar-refractivity contribution is -0.138. The van der Waals surface area contributed by atoms with E-state index in [-0.39, 0.29) is 18.4 Å². The molecule has 124 valence electrons. The van der Waals surface area contributed by atoms with E-state index in [0.29, 0.717) is 19.1 Å². The van der Waals surface area contributed by atoms with Crippen LogP contribution < -0.4 is 0 Å². The molecule has 2 rings (SSSR count). The van der Waals surface area contributed by atoms with Crippen molar-refractivity contribution in [3.05, 3.63) is 18.2 Å². The van der Waals surface area contributed by atoms with Crippen LogP contribution in [0.25, 0.3) is 0 Å². The van der Waals surface area contributed by atoms with E-state index in [9.17, 15) is 9.90 Å². The number of carbonyl (C=O) groups is 1. The highest BCUT2D eigenvalue weighted by Gasteiger charge is 2.29. The van der Waals surface area contributed by atoms with Gasteiger partial charge in [-0.05, 0) is 39.8 Å². The monoisotopic (exact) mass is 308 g/mol. The van der Waals surface area contributed by atoms with Crippen LogP contribution in [0, 0.1) is 5.92 Å². The molecule has 0 aliphatic carbocycles. The molecular formula is C16H28N4O2. The summed E-state index contributed by atoms with van der Waals surface area (Å²) in [6.07, 6.45) is 5.41. The highest BCUT2D eigenvalue weighted by Crippen LogP contribution is 2.21. The summed E-state index contributed by atoms with van der Waals surface area (Å²) in [6.45, 7) is 7.17. The van der Waals surface area contributed by atoms with Crippen molar-refractivity contribution in [3.63, 3.8) is 0 Å². The third-order valence-electron chi connectivity index (χ3n) is 4.54. The summed E-state index contributed by atoms with van der Waals surface area (Å²) in [5.41, 5.74) is 0. The Labute approximate surface area is 132 Å². The van der Waals surface area contributed by atoms with Crippen LogP contribution >= 0.6 is 0 Å². The van der Waals surface area contributed by atoms with Gasteiger partial charge in [0, 0.05) is 37.9 Å². The fourth-order valence-electron chi connectivity index (χ4n) is 3.03. The Morgan fingerprint density at radius 1 is 1.45 bits per heavy atom. The maximum atomic E-state index is 12.8. The van der Waals surface area contributed by atoms with E-state index >= 15 is 0 Å². The van der Waals surface area contributed by atoms with Crippen LogP contribution in [-0.4, -0.2) is 62.6 Å². The van der Waals surface area contributed by atoms with Crippen LogP contribution in [0.3, 0.4) is 0 Å². The fourth-order valence-corrected chi connectivity index (χ4v) is 3.03. The summed E-state index contributed by atoms with van der Waals surface area (Å²) >= 11 is 0. The van der Waals surface area contributed by atoms with Gasteiger partial charge in [-0.15, -0.1) is 0 Å². The van der Waals surface area contributed by atoms with Crippen molar-refractivity contribution in [2.24, 2.45) is 13.0 Å². The smallest absolute Gasteiger partial charge is 0.226 e. The molecule has 2 heterocycles. The van der Waals surface area contributed by atoms with Crippen molar-refractivity contribution >= 4 is 5.91 Å². The number of piperidine rings is 1. The number of aryl methyl sites for hydroxylation is 1. The highest BCUT2D eigenvalue weighted by atomic mass is 16.3. The predicted molar refractivity (Wildman–Crippen MR) is 85.1 cm³/mol. The van der Waals surface area contributed by atoms with E-state index in [2.05, 4.69) is 23.7 Å². The second-order valence-corrected chi connectivity index (χ2v) is 6.34. The molecule has 1 aromatic heterocycles. The molecule has 0 spiro atoms. The molecule has 0 atom stereocenters. The van der Waals surface area contributed by atoms with Gasteiger partial charge in [0.15, 0.2) is 0 Å². The Balaban J connectivity index is 1.97. The molecule has 1 N–H and O–H groups in total. The summed E-state index contributed by atoms with van der Waals surface area (Å²) in [6, 6.07) is 0.539. The fraction of sp³-hybridized carbons (Fsp3) is 0.750. The van der Waals surface area contributed by atoms with Gasteiger partial charge in [-0.3, -0.25) is 4.79 Å². The number of aliphatic hydroxyl groups excluding tert-OH is 1. The minimum Gasteiger partial charge on any atom is -0.395 e. The van der Waals surface area contributed by atoms with Crippen LogP contribution in [0.5, 0.6) is 0 Å². The summed E-state index contributed by atoms with van der Waals surface area (Å²) in [5.74, 6) is 1.07. The molecule has 1 aliphatic rings. The Morgan fingerprint density at radius 3 is 2.64 bits per heavy atom. The molecule has 0 aromatic carbocycles. The molecule has 22 heavy (non-hydrogen) atoms. The van der Waals surface area contributed by atoms with E-state index in [1.807, 2.05) is 17.8 Å². The number of imidazole rings is 1. The van der Waals surface area contributed by atoms with Crippen molar-refractivity contribution in [1.29, 1.82) is 0 Å². The zero-order valence-corrected chi connectivity index (χ0v) is 13.9. The Bertz CT molecular complexity index is 478. The van der Waals surface area contributed by atoms with Gasteiger partial charge in [-0.25, -0.2) is 4.98 Å². The summed E-state index contributed by atoms with van der Waals surface area (Å²) in [5, 5.41) is 9.27. The topological polar surface area (TPSA) is 61.6 Å². The maximum absolute atomic E-state index is 12.8. The molecule has 1 aliphatic heterocycles. The van der Waals surface area contributed by atoms with Gasteiger partial charge in [0.2, 0.25) is 5.91 Å². The molecule has 1 amide bonds. The normalized spacial score (nSPS) is 17.1. The summed E-state index contributed by atoms with van der Waals surface area (Å²) < 4.78 is 1.92. The number of nitrogens with zero attached hydrogens (tertiary/aromatic N) is 4. The number of amides is 1. The lowest BCUT2D eigenvalue weighted by Gasteiger charge is -2.36. The zero-order valence-electron chi connectivity index (χ0n) is 13.9. The SMILES string of the molecule is CC(C)N1CCC(C(=O)N(CCO)Cc2nccn2C)CC1. The summed E-state index contributed by atoms with van der Waals surface area (Å²) in [7, 11) is 1.92. The van der Waals surface area contributed by atoms with Crippen LogP contribution in [0.15, 0.2) is 12.4 Å². The molecular weight excluding hydrogens is 280 g/mol. The average molecular weight is 308 g/mol. The van der Waals surface area contributed by atoms with Gasteiger partial charge in [-0.2, -0.15) is 0 Å². The Hall–Kier alpha value is -1.40. The van der Waals surface area contributed by atoms with Crippen molar-refractivity contribution in [2.45, 2.75) is 39.3 Å². The summed E-state index contributed by atoms with van der Waals surface area (Å²) in [4.78, 5) is 21.2. The number of likely N-dealkylation sites (tertiary alicyclic amines) is 1. The van der Waals surface area contributed by atoms with Gasteiger partial charge in [0.05, 0.1) is 13.2 Å². The van der Waals surface area contributed by atoms with E-state index in [1.54, 1.807) is 11.1 Å². The number of hydrogen-bond donors (Lipinski definition) is 1. The number of hydrogen-bond acceptors (Lipinski definition) is 4. The quantitative estimate of drug-likeness (QED) is 0.847. The van der Waals surface area contributed by atoms with Crippen molar-refractivity contribution in [2.75, 3.05) is 26.2 Å². The standard InChI is InChI=1S/C16H28N4O2/c1-13(2)19-7-4-14(5-8-19)16(22)20(10-11-21)12-15-17-6-9-18(15)3/h6,9,13-14,21H,4-5,7-8,10-12H2,1-3H3. The first kappa shape index (κ1) is 17.0. The molecule has 0 saturated carbocycles. The minimum absolute atomic E-state index is 0.0129. The first-order valence-corrected chi connectivity index (χ1v) is 8.12. The minimum atomic E-state index is -0.0129. The van der Waals surface area contributed by atoms with Crippen LogP contribution in [0.1, 0.15) is 32.5 Å². The van der Waals surface area contributed by atoms with Gasteiger partial charge < -0.3 is 19.5 Å². The number of aliphatic hydroxyl groups is 1. The van der Waals surface area contributed by atoms with Crippen LogP contribution in [-0.2, 0) is 18.4 Å². The lowest BCUT2D eigenvalue weighted by Crippen LogP contribution is -2.45. The number of carbonyl (C=O) groups excluding carboxylic acids is 1. The Morgan fingerprint density at radius 2 is 2.14 bits per heavy atom. The van der Waals surface area contributed by atoms with Crippen molar-refractivity contribution in [1.82, 2.24) is 19.4 Å². The van der Waals surface area contributed by atoms with Gasteiger partial charge in [-0.1, -0.05) is 0 Å².